The molecule has 0 atom stereocenters. The van der Waals surface area contributed by atoms with Crippen LogP contribution in [0.4, 0.5) is 5.69 Å². The number of nitrogens with zero attached hydrogens (tertiary/aromatic N) is 1. The summed E-state index contributed by atoms with van der Waals surface area (Å²) in [7, 11) is -3.91. The van der Waals surface area contributed by atoms with Crippen LogP contribution in [0, 0.1) is 6.92 Å². The third kappa shape index (κ3) is 3.01. The second kappa shape index (κ2) is 4.87. The third-order valence-corrected chi connectivity index (χ3v) is 3.38. The van der Waals surface area contributed by atoms with Crippen LogP contribution >= 0.6 is 0 Å². The van der Waals surface area contributed by atoms with Crippen molar-refractivity contribution in [3.63, 3.8) is 0 Å². The number of primary sulfonamides is 1. The Morgan fingerprint density at radius 3 is 2.58 bits per heavy atom. The van der Waals surface area contributed by atoms with Gasteiger partial charge in [0.25, 0.3) is 0 Å². The molecule has 0 radical (unpaired) electrons. The van der Waals surface area contributed by atoms with E-state index >= 15 is 0 Å². The van der Waals surface area contributed by atoms with Gasteiger partial charge in [-0.25, -0.2) is 13.6 Å². The first kappa shape index (κ1) is 13.3. The number of pyridine rings is 1. The molecule has 0 spiro atoms. The third-order valence-electron chi connectivity index (χ3n) is 2.45. The van der Waals surface area contributed by atoms with Gasteiger partial charge in [0, 0.05) is 11.9 Å². The minimum atomic E-state index is -3.91. The number of benzene rings is 1. The maximum Gasteiger partial charge on any atom is 0.241 e. The second-order valence-corrected chi connectivity index (χ2v) is 5.47. The molecule has 0 saturated heterocycles. The van der Waals surface area contributed by atoms with Crippen LogP contribution in [0.2, 0.25) is 0 Å². The molecule has 1 aromatic heterocycles. The summed E-state index contributed by atoms with van der Waals surface area (Å²) < 4.78 is 28.6. The number of ether oxygens (including phenoxy) is 1. The van der Waals surface area contributed by atoms with Crippen LogP contribution in [-0.4, -0.2) is 13.4 Å². The van der Waals surface area contributed by atoms with Crippen molar-refractivity contribution in [2.45, 2.75) is 11.8 Å². The molecule has 2 aromatic rings. The number of hydrogen-bond acceptors (Lipinski definition) is 5. The van der Waals surface area contributed by atoms with Gasteiger partial charge in [-0.3, -0.25) is 4.98 Å². The molecule has 100 valence electrons. The Balaban J connectivity index is 2.50. The van der Waals surface area contributed by atoms with Crippen LogP contribution in [0.15, 0.2) is 41.4 Å². The molecule has 0 unspecified atom stereocenters. The van der Waals surface area contributed by atoms with E-state index in [1.807, 2.05) is 0 Å². The molecule has 0 aliphatic carbocycles. The highest BCUT2D eigenvalue weighted by molar-refractivity contribution is 7.89. The van der Waals surface area contributed by atoms with E-state index in [9.17, 15) is 8.42 Å². The van der Waals surface area contributed by atoms with Gasteiger partial charge in [-0.2, -0.15) is 0 Å². The van der Waals surface area contributed by atoms with E-state index in [-0.39, 0.29) is 10.6 Å². The van der Waals surface area contributed by atoms with E-state index < -0.39 is 10.0 Å². The lowest BCUT2D eigenvalue weighted by molar-refractivity contribution is 0.461. The highest BCUT2D eigenvalue weighted by Crippen LogP contribution is 2.30. The highest BCUT2D eigenvalue weighted by atomic mass is 32.2. The summed E-state index contributed by atoms with van der Waals surface area (Å²) in [5.41, 5.74) is 6.49. The number of sulfonamides is 1. The number of hydrogen-bond donors (Lipinski definition) is 2. The van der Waals surface area contributed by atoms with Crippen molar-refractivity contribution in [1.29, 1.82) is 0 Å². The molecule has 4 N–H and O–H groups in total. The van der Waals surface area contributed by atoms with Crippen molar-refractivity contribution in [1.82, 2.24) is 4.98 Å². The van der Waals surface area contributed by atoms with E-state index in [0.717, 1.165) is 0 Å². The zero-order valence-corrected chi connectivity index (χ0v) is 11.0. The number of aryl methyl sites for hydroxylation is 1. The minimum Gasteiger partial charge on any atom is -0.454 e. The fourth-order valence-corrected chi connectivity index (χ4v) is 2.22. The Morgan fingerprint density at radius 2 is 1.95 bits per heavy atom. The number of anilines is 1. The average Bonchev–Trinajstić information content (AvgIpc) is 2.33. The molecule has 6 nitrogen and oxygen atoms in total. The van der Waals surface area contributed by atoms with Gasteiger partial charge in [0.1, 0.15) is 16.4 Å². The fraction of sp³-hybridized carbons (Fsp3) is 0.0833. The van der Waals surface area contributed by atoms with E-state index in [4.69, 9.17) is 15.6 Å². The summed E-state index contributed by atoms with van der Waals surface area (Å²) in [6, 6.07) is 7.63. The van der Waals surface area contributed by atoms with Crippen molar-refractivity contribution < 1.29 is 13.2 Å². The van der Waals surface area contributed by atoms with Crippen molar-refractivity contribution >= 4 is 15.7 Å². The molecule has 0 aliphatic heterocycles. The first-order chi connectivity index (χ1) is 8.88. The molecule has 0 bridgehead atoms. The number of rotatable bonds is 3. The molecule has 0 amide bonds. The summed E-state index contributed by atoms with van der Waals surface area (Å²) in [4.78, 5) is 3.90. The molecule has 1 heterocycles. The quantitative estimate of drug-likeness (QED) is 0.826. The smallest absolute Gasteiger partial charge is 0.241 e. The topological polar surface area (TPSA) is 108 Å². The van der Waals surface area contributed by atoms with Gasteiger partial charge in [0.15, 0.2) is 0 Å². The first-order valence-electron chi connectivity index (χ1n) is 5.40. The predicted molar refractivity (Wildman–Crippen MR) is 71.3 cm³/mol. The summed E-state index contributed by atoms with van der Waals surface area (Å²) in [5, 5.41) is 5.14. The van der Waals surface area contributed by atoms with Crippen LogP contribution in [0.1, 0.15) is 5.69 Å². The van der Waals surface area contributed by atoms with Crippen molar-refractivity contribution in [3.8, 4) is 11.5 Å². The van der Waals surface area contributed by atoms with E-state index in [1.54, 1.807) is 25.3 Å². The normalized spacial score (nSPS) is 11.3. The zero-order chi connectivity index (χ0) is 14.0. The summed E-state index contributed by atoms with van der Waals surface area (Å²) in [6.07, 6.45) is 1.62. The van der Waals surface area contributed by atoms with Crippen LogP contribution in [0.3, 0.4) is 0 Å². The Hall–Kier alpha value is -2.12. The number of nitrogen functional groups attached to an aromatic ring is 1. The molecule has 0 fully saturated rings. The molecule has 2 rings (SSSR count). The summed E-state index contributed by atoms with van der Waals surface area (Å²) >= 11 is 0. The zero-order valence-electron chi connectivity index (χ0n) is 10.2. The molecule has 0 saturated carbocycles. The Morgan fingerprint density at radius 1 is 1.21 bits per heavy atom. The van der Waals surface area contributed by atoms with Crippen LogP contribution in [-0.2, 0) is 10.0 Å². The minimum absolute atomic E-state index is 0.118. The lowest BCUT2D eigenvalue weighted by atomic mass is 10.3. The fourth-order valence-electron chi connectivity index (χ4n) is 1.53. The van der Waals surface area contributed by atoms with Gasteiger partial charge in [-0.05, 0) is 37.3 Å². The standard InChI is InChI=1S/C12H13N3O3S/c1-8-10(3-2-6-15-8)18-11-5-4-9(13)7-12(11)19(14,16)17/h2-7H,13H2,1H3,(H2,14,16,17). The van der Waals surface area contributed by atoms with Crippen molar-refractivity contribution in [2.24, 2.45) is 5.14 Å². The van der Waals surface area contributed by atoms with Crippen molar-refractivity contribution in [2.75, 3.05) is 5.73 Å². The summed E-state index contributed by atoms with van der Waals surface area (Å²) in [6.45, 7) is 1.75. The predicted octanol–water partition coefficient (Wildman–Crippen LogP) is 1.41. The van der Waals surface area contributed by atoms with Gasteiger partial charge in [-0.15, -0.1) is 0 Å². The molecule has 0 aliphatic rings. The van der Waals surface area contributed by atoms with Crippen LogP contribution < -0.4 is 15.6 Å². The van der Waals surface area contributed by atoms with Gasteiger partial charge >= 0.3 is 0 Å². The average molecular weight is 279 g/mol. The van der Waals surface area contributed by atoms with E-state index in [0.29, 0.717) is 17.1 Å². The largest absolute Gasteiger partial charge is 0.454 e. The molecular formula is C12H13N3O3S. The Labute approximate surface area is 111 Å². The van der Waals surface area contributed by atoms with Gasteiger partial charge in [0.05, 0.1) is 5.69 Å². The maximum absolute atomic E-state index is 11.5. The molecule has 1 aromatic carbocycles. The van der Waals surface area contributed by atoms with E-state index in [1.165, 1.54) is 18.2 Å². The van der Waals surface area contributed by atoms with Crippen LogP contribution in [0.5, 0.6) is 11.5 Å². The monoisotopic (exact) mass is 279 g/mol. The Kier molecular flexibility index (Phi) is 3.41. The Bertz CT molecular complexity index is 714. The van der Waals surface area contributed by atoms with Crippen LogP contribution in [0.25, 0.3) is 0 Å². The second-order valence-electron chi connectivity index (χ2n) is 3.94. The lowest BCUT2D eigenvalue weighted by Gasteiger charge is -2.11. The number of nitrogens with two attached hydrogens (primary N) is 2. The molecule has 7 heteroatoms. The molecule has 19 heavy (non-hydrogen) atoms. The van der Waals surface area contributed by atoms with Gasteiger partial charge in [0.2, 0.25) is 10.0 Å². The van der Waals surface area contributed by atoms with Gasteiger partial charge < -0.3 is 10.5 Å². The maximum atomic E-state index is 11.5. The first-order valence-corrected chi connectivity index (χ1v) is 6.94. The van der Waals surface area contributed by atoms with Crippen molar-refractivity contribution in [3.05, 3.63) is 42.2 Å². The SMILES string of the molecule is Cc1ncccc1Oc1ccc(N)cc1S(N)(=O)=O. The summed E-state index contributed by atoms with van der Waals surface area (Å²) in [5.74, 6) is 0.574. The number of aromatic nitrogens is 1. The van der Waals surface area contributed by atoms with Gasteiger partial charge in [-0.1, -0.05) is 0 Å². The van der Waals surface area contributed by atoms with E-state index in [2.05, 4.69) is 4.98 Å². The highest BCUT2D eigenvalue weighted by Gasteiger charge is 2.17. The molecular weight excluding hydrogens is 266 g/mol. The lowest BCUT2D eigenvalue weighted by Crippen LogP contribution is -2.13.